The van der Waals surface area contributed by atoms with E-state index in [4.69, 9.17) is 0 Å². The molecule has 0 radical (unpaired) electrons. The van der Waals surface area contributed by atoms with Crippen LogP contribution in [0.25, 0.3) is 16.5 Å². The number of benzene rings is 1. The summed E-state index contributed by atoms with van der Waals surface area (Å²) in [7, 11) is 2.01. The number of rotatable bonds is 0. The highest BCUT2D eigenvalue weighted by atomic mass is 16.3. The van der Waals surface area contributed by atoms with Gasteiger partial charge in [0.15, 0.2) is 0 Å². The maximum atomic E-state index is 10.1. The number of aromatic nitrogens is 1. The van der Waals surface area contributed by atoms with Crippen molar-refractivity contribution in [2.75, 3.05) is 0 Å². The van der Waals surface area contributed by atoms with Crippen molar-refractivity contribution in [3.63, 3.8) is 0 Å². The van der Waals surface area contributed by atoms with Gasteiger partial charge in [-0.2, -0.15) is 0 Å². The number of phenols is 1. The van der Waals surface area contributed by atoms with Gasteiger partial charge in [0.25, 0.3) is 0 Å². The van der Waals surface area contributed by atoms with Crippen LogP contribution in [-0.4, -0.2) is 9.67 Å². The third-order valence-electron chi connectivity index (χ3n) is 3.83. The van der Waals surface area contributed by atoms with Gasteiger partial charge in [-0.1, -0.05) is 13.5 Å². The molecule has 0 saturated carbocycles. The minimum Gasteiger partial charge on any atom is -0.506 e. The fourth-order valence-electron chi connectivity index (χ4n) is 3.23. The van der Waals surface area contributed by atoms with Crippen LogP contribution in [0, 0.1) is 6.92 Å². The van der Waals surface area contributed by atoms with Crippen LogP contribution in [0.15, 0.2) is 18.7 Å². The van der Waals surface area contributed by atoms with Crippen molar-refractivity contribution in [2.45, 2.75) is 26.2 Å². The fraction of sp³-hybridized carbons (Fsp3) is 0.333. The van der Waals surface area contributed by atoms with Gasteiger partial charge in [-0.25, -0.2) is 0 Å². The van der Waals surface area contributed by atoms with Gasteiger partial charge in [-0.3, -0.25) is 0 Å². The maximum absolute atomic E-state index is 10.1. The van der Waals surface area contributed by atoms with Gasteiger partial charge in [-0.05, 0) is 48.1 Å². The molecule has 0 saturated heterocycles. The number of aromatic hydroxyl groups is 1. The first-order valence-electron chi connectivity index (χ1n) is 6.00. The van der Waals surface area contributed by atoms with Crippen LogP contribution in [0.1, 0.15) is 36.1 Å². The second-order valence-corrected chi connectivity index (χ2v) is 5.21. The van der Waals surface area contributed by atoms with Crippen LogP contribution < -0.4 is 0 Å². The molecule has 88 valence electrons. The molecule has 0 aliphatic heterocycles. The minimum atomic E-state index is 0.372. The predicted molar refractivity (Wildman–Crippen MR) is 71.4 cm³/mol. The molecule has 0 bridgehead atoms. The summed E-state index contributed by atoms with van der Waals surface area (Å²) in [6.07, 6.45) is 1.03. The number of phenolic OH excluding ortho intramolecular Hbond substituents is 1. The summed E-state index contributed by atoms with van der Waals surface area (Å²) in [6.45, 7) is 8.40. The largest absolute Gasteiger partial charge is 0.506 e. The Bertz CT molecular complexity index is 649. The van der Waals surface area contributed by atoms with Crippen LogP contribution >= 0.6 is 0 Å². The first-order chi connectivity index (χ1) is 8.00. The number of fused-ring (bicyclic) bond motifs is 3. The quantitative estimate of drug-likeness (QED) is 0.729. The Balaban J connectivity index is 2.52. The molecule has 1 heterocycles. The minimum absolute atomic E-state index is 0.372. The average Bonchev–Trinajstić information content (AvgIpc) is 2.66. The standard InChI is InChI=1S/C15H17NO/c1-8-5-11-13-9(2)7-10(3)14(13)16(4)15(11)12(17)6-8/h5-6,9,17H,3,7H2,1-2,4H3. The number of hydrogen-bond donors (Lipinski definition) is 1. The molecule has 0 spiro atoms. The fourth-order valence-corrected chi connectivity index (χ4v) is 3.23. The molecule has 1 N–H and O–H groups in total. The molecule has 3 rings (SSSR count). The summed E-state index contributed by atoms with van der Waals surface area (Å²) >= 11 is 0. The molecule has 1 aliphatic rings. The first-order valence-corrected chi connectivity index (χ1v) is 6.00. The molecule has 1 unspecified atom stereocenters. The third kappa shape index (κ3) is 1.21. The van der Waals surface area contributed by atoms with E-state index in [1.807, 2.05) is 20.0 Å². The van der Waals surface area contributed by atoms with Crippen molar-refractivity contribution < 1.29 is 5.11 Å². The second kappa shape index (κ2) is 3.16. The van der Waals surface area contributed by atoms with E-state index in [9.17, 15) is 5.11 Å². The van der Waals surface area contributed by atoms with Gasteiger partial charge in [0.05, 0.1) is 5.52 Å². The molecular weight excluding hydrogens is 210 g/mol. The maximum Gasteiger partial charge on any atom is 0.140 e. The Morgan fingerprint density at radius 2 is 2.12 bits per heavy atom. The average molecular weight is 227 g/mol. The van der Waals surface area contributed by atoms with Gasteiger partial charge in [0.2, 0.25) is 0 Å². The zero-order valence-corrected chi connectivity index (χ0v) is 10.5. The lowest BCUT2D eigenvalue weighted by Crippen LogP contribution is -1.92. The number of hydrogen-bond acceptors (Lipinski definition) is 1. The SMILES string of the molecule is C=C1CC(C)c2c1n(C)c1c(O)cc(C)cc21. The molecule has 2 aromatic rings. The van der Waals surface area contributed by atoms with Crippen LogP contribution in [0.5, 0.6) is 5.75 Å². The van der Waals surface area contributed by atoms with E-state index < -0.39 is 0 Å². The van der Waals surface area contributed by atoms with Gasteiger partial charge in [0, 0.05) is 18.1 Å². The van der Waals surface area contributed by atoms with Gasteiger partial charge in [-0.15, -0.1) is 0 Å². The smallest absolute Gasteiger partial charge is 0.140 e. The molecule has 1 aromatic carbocycles. The molecule has 2 nitrogen and oxygen atoms in total. The van der Waals surface area contributed by atoms with Crippen molar-refractivity contribution in [3.8, 4) is 5.75 Å². The molecule has 1 aromatic heterocycles. The molecule has 1 atom stereocenters. The van der Waals surface area contributed by atoms with E-state index >= 15 is 0 Å². The molecular formula is C15H17NO. The lowest BCUT2D eigenvalue weighted by Gasteiger charge is -2.07. The van der Waals surface area contributed by atoms with Crippen LogP contribution in [0.3, 0.4) is 0 Å². The lowest BCUT2D eigenvalue weighted by molar-refractivity contribution is 0.478. The van der Waals surface area contributed by atoms with Crippen molar-refractivity contribution in [1.82, 2.24) is 4.57 Å². The highest BCUT2D eigenvalue weighted by Gasteiger charge is 2.29. The van der Waals surface area contributed by atoms with E-state index in [1.54, 1.807) is 0 Å². The van der Waals surface area contributed by atoms with E-state index in [0.29, 0.717) is 11.7 Å². The monoisotopic (exact) mass is 227 g/mol. The Labute approximate surface area is 101 Å². The van der Waals surface area contributed by atoms with E-state index in [1.165, 1.54) is 22.2 Å². The highest BCUT2D eigenvalue weighted by molar-refractivity contribution is 5.96. The predicted octanol–water partition coefficient (Wildman–Crippen LogP) is 3.71. The zero-order chi connectivity index (χ0) is 12.3. The van der Waals surface area contributed by atoms with E-state index in [-0.39, 0.29) is 0 Å². The van der Waals surface area contributed by atoms with Crippen molar-refractivity contribution in [2.24, 2.45) is 7.05 Å². The second-order valence-electron chi connectivity index (χ2n) is 5.21. The van der Waals surface area contributed by atoms with Crippen molar-refractivity contribution in [3.05, 3.63) is 35.5 Å². The summed E-state index contributed by atoms with van der Waals surface area (Å²) in [5, 5.41) is 11.3. The molecule has 1 aliphatic carbocycles. The van der Waals surface area contributed by atoms with Gasteiger partial charge in [0.1, 0.15) is 5.75 Å². The van der Waals surface area contributed by atoms with Crippen LogP contribution in [0.4, 0.5) is 0 Å². The van der Waals surface area contributed by atoms with E-state index in [2.05, 4.69) is 24.1 Å². The first kappa shape index (κ1) is 10.5. The topological polar surface area (TPSA) is 25.2 Å². The van der Waals surface area contributed by atoms with E-state index in [0.717, 1.165) is 17.5 Å². The summed E-state index contributed by atoms with van der Waals surface area (Å²) in [4.78, 5) is 0. The van der Waals surface area contributed by atoms with Crippen molar-refractivity contribution in [1.29, 1.82) is 0 Å². The Kier molecular flexibility index (Phi) is 1.94. The summed E-state index contributed by atoms with van der Waals surface area (Å²) < 4.78 is 2.09. The van der Waals surface area contributed by atoms with Gasteiger partial charge >= 0.3 is 0 Å². The van der Waals surface area contributed by atoms with Crippen molar-refractivity contribution >= 4 is 16.5 Å². The third-order valence-corrected chi connectivity index (χ3v) is 3.83. The molecule has 0 amide bonds. The highest BCUT2D eigenvalue weighted by Crippen LogP contribution is 2.47. The summed E-state index contributed by atoms with van der Waals surface area (Å²) in [6, 6.07) is 3.99. The summed E-state index contributed by atoms with van der Waals surface area (Å²) in [5.74, 6) is 0.874. The normalized spacial score (nSPS) is 19.0. The number of allylic oxidation sites excluding steroid dienone is 1. The zero-order valence-electron chi connectivity index (χ0n) is 10.5. The Morgan fingerprint density at radius 3 is 2.82 bits per heavy atom. The molecule has 17 heavy (non-hydrogen) atoms. The van der Waals surface area contributed by atoms with Crippen LogP contribution in [-0.2, 0) is 7.05 Å². The lowest BCUT2D eigenvalue weighted by atomic mass is 10.0. The van der Waals surface area contributed by atoms with Gasteiger partial charge < -0.3 is 9.67 Å². The van der Waals surface area contributed by atoms with Crippen LogP contribution in [0.2, 0.25) is 0 Å². The molecule has 2 heteroatoms. The number of nitrogens with zero attached hydrogens (tertiary/aromatic N) is 1. The Hall–Kier alpha value is -1.70. The Morgan fingerprint density at radius 1 is 1.41 bits per heavy atom. The summed E-state index contributed by atoms with van der Waals surface area (Å²) in [5.41, 5.74) is 5.80. The molecule has 0 fully saturated rings. The number of aryl methyl sites for hydroxylation is 2.